The Hall–Kier alpha value is -1.48. The number of carbonyl (C=O) groups excluding carboxylic acids is 1. The summed E-state index contributed by atoms with van der Waals surface area (Å²) in [4.78, 5) is 11.9. The van der Waals surface area contributed by atoms with Crippen LogP contribution in [0.1, 0.15) is 12.0 Å². The normalized spacial score (nSPS) is 21.2. The summed E-state index contributed by atoms with van der Waals surface area (Å²) in [6.45, 7) is 0.735. The van der Waals surface area contributed by atoms with Crippen molar-refractivity contribution in [1.82, 2.24) is 0 Å². The zero-order valence-electron chi connectivity index (χ0n) is 9.88. The zero-order chi connectivity index (χ0) is 13.7. The van der Waals surface area contributed by atoms with Gasteiger partial charge in [0.25, 0.3) is 11.7 Å². The third-order valence-corrected chi connectivity index (χ3v) is 4.03. The molecule has 3 rings (SSSR count). The molecule has 2 aliphatic rings. The summed E-state index contributed by atoms with van der Waals surface area (Å²) in [5, 5.41) is 7.70. The van der Waals surface area contributed by atoms with Gasteiger partial charge in [0, 0.05) is 5.56 Å². The van der Waals surface area contributed by atoms with Crippen molar-refractivity contribution in [2.45, 2.75) is 17.1 Å². The molecule has 1 saturated heterocycles. The number of nitrogens with two attached hydrogens (primary N) is 1. The first-order valence-electron chi connectivity index (χ1n) is 5.70. The molecule has 2 heterocycles. The fourth-order valence-electron chi connectivity index (χ4n) is 2.23. The number of nitrogens with one attached hydrogen (secondary N) is 1. The molecule has 0 aromatic heterocycles. The molecular formula is C11H12N2O5S. The molecule has 19 heavy (non-hydrogen) atoms. The van der Waals surface area contributed by atoms with Crippen molar-refractivity contribution in [1.29, 1.82) is 0 Å². The Labute approximate surface area is 109 Å². The molecule has 7 nitrogen and oxygen atoms in total. The molecule has 0 bridgehead atoms. The van der Waals surface area contributed by atoms with Crippen LogP contribution in [0.3, 0.4) is 0 Å². The van der Waals surface area contributed by atoms with Crippen molar-refractivity contribution < 1.29 is 22.7 Å². The Balaban J connectivity index is 2.16. The van der Waals surface area contributed by atoms with E-state index in [1.807, 2.05) is 0 Å². The van der Waals surface area contributed by atoms with Gasteiger partial charge in [-0.2, -0.15) is 0 Å². The highest BCUT2D eigenvalue weighted by molar-refractivity contribution is 7.89. The third-order valence-electron chi connectivity index (χ3n) is 3.12. The van der Waals surface area contributed by atoms with Crippen LogP contribution < -0.4 is 10.5 Å². The van der Waals surface area contributed by atoms with Crippen LogP contribution in [0.5, 0.6) is 0 Å². The minimum absolute atomic E-state index is 0.0834. The first-order valence-corrected chi connectivity index (χ1v) is 7.25. The number of hydrogen-bond acceptors (Lipinski definition) is 5. The molecule has 2 aliphatic heterocycles. The number of hydrogen-bond donors (Lipinski definition) is 2. The average molecular weight is 284 g/mol. The van der Waals surface area contributed by atoms with E-state index in [2.05, 4.69) is 5.32 Å². The lowest BCUT2D eigenvalue weighted by atomic mass is 10.1. The first kappa shape index (κ1) is 12.5. The van der Waals surface area contributed by atoms with Crippen molar-refractivity contribution >= 4 is 21.6 Å². The molecule has 0 aliphatic carbocycles. The highest BCUT2D eigenvalue weighted by Gasteiger charge is 2.51. The Bertz CT molecular complexity index is 649. The summed E-state index contributed by atoms with van der Waals surface area (Å²) in [5.41, 5.74) is 0.822. The highest BCUT2D eigenvalue weighted by Crippen LogP contribution is 2.42. The topological polar surface area (TPSA) is 108 Å². The Kier molecular flexibility index (Phi) is 2.65. The maximum absolute atomic E-state index is 12.0. The van der Waals surface area contributed by atoms with E-state index in [1.54, 1.807) is 0 Å². The van der Waals surface area contributed by atoms with Gasteiger partial charge in [0.05, 0.1) is 23.8 Å². The predicted molar refractivity (Wildman–Crippen MR) is 64.6 cm³/mol. The molecule has 1 spiro atoms. The molecule has 0 radical (unpaired) electrons. The highest BCUT2D eigenvalue weighted by atomic mass is 32.2. The largest absolute Gasteiger partial charge is 0.338 e. The van der Waals surface area contributed by atoms with Crippen LogP contribution in [0.4, 0.5) is 5.69 Å². The Morgan fingerprint density at radius 3 is 2.58 bits per heavy atom. The van der Waals surface area contributed by atoms with E-state index < -0.39 is 21.7 Å². The molecule has 1 aromatic carbocycles. The van der Waals surface area contributed by atoms with E-state index in [9.17, 15) is 13.2 Å². The molecule has 0 unspecified atom stereocenters. The summed E-state index contributed by atoms with van der Waals surface area (Å²) in [6, 6.07) is 4.12. The van der Waals surface area contributed by atoms with E-state index in [0.29, 0.717) is 30.9 Å². The molecule has 102 valence electrons. The van der Waals surface area contributed by atoms with Gasteiger partial charge in [-0.15, -0.1) is 0 Å². The second kappa shape index (κ2) is 4.01. The standard InChI is InChI=1S/C11H12N2O5S/c12-19(15,16)7-2-3-9-8(6-7)11(10(14)13-9)17-4-1-5-18-11/h2-3,6H,1,4-5H2,(H,13,14)(H2,12,15,16). The van der Waals surface area contributed by atoms with Crippen LogP contribution in [0.25, 0.3) is 0 Å². The number of sulfonamides is 1. The Morgan fingerprint density at radius 1 is 1.26 bits per heavy atom. The summed E-state index contributed by atoms with van der Waals surface area (Å²) >= 11 is 0. The summed E-state index contributed by atoms with van der Waals surface area (Å²) in [5.74, 6) is -2.00. The number of amides is 1. The number of ether oxygens (including phenoxy) is 2. The molecule has 3 N–H and O–H groups in total. The minimum atomic E-state index is -3.85. The number of anilines is 1. The van der Waals surface area contributed by atoms with E-state index in [1.165, 1.54) is 18.2 Å². The van der Waals surface area contributed by atoms with Crippen LogP contribution in [-0.4, -0.2) is 27.5 Å². The maximum atomic E-state index is 12.0. The van der Waals surface area contributed by atoms with E-state index >= 15 is 0 Å². The summed E-state index contributed by atoms with van der Waals surface area (Å²) in [6.07, 6.45) is 0.680. The molecule has 1 amide bonds. The fraction of sp³-hybridized carbons (Fsp3) is 0.364. The van der Waals surface area contributed by atoms with Crippen LogP contribution in [0, 0.1) is 0 Å². The number of carbonyl (C=O) groups is 1. The van der Waals surface area contributed by atoms with Crippen LogP contribution in [0.2, 0.25) is 0 Å². The Morgan fingerprint density at radius 2 is 1.95 bits per heavy atom. The average Bonchev–Trinajstić information content (AvgIpc) is 2.62. The monoisotopic (exact) mass is 284 g/mol. The van der Waals surface area contributed by atoms with Gasteiger partial charge in [0.15, 0.2) is 0 Å². The molecule has 1 aromatic rings. The quantitative estimate of drug-likeness (QED) is 0.747. The molecule has 1 fully saturated rings. The third kappa shape index (κ3) is 1.84. The molecule has 0 atom stereocenters. The van der Waals surface area contributed by atoms with Gasteiger partial charge >= 0.3 is 0 Å². The van der Waals surface area contributed by atoms with Gasteiger partial charge < -0.3 is 14.8 Å². The van der Waals surface area contributed by atoms with Crippen LogP contribution >= 0.6 is 0 Å². The molecular weight excluding hydrogens is 272 g/mol. The summed E-state index contributed by atoms with van der Waals surface area (Å²) < 4.78 is 33.7. The van der Waals surface area contributed by atoms with Crippen LogP contribution in [0.15, 0.2) is 23.1 Å². The maximum Gasteiger partial charge on any atom is 0.289 e. The minimum Gasteiger partial charge on any atom is -0.338 e. The van der Waals surface area contributed by atoms with Crippen molar-refractivity contribution in [2.75, 3.05) is 18.5 Å². The number of benzene rings is 1. The van der Waals surface area contributed by atoms with Gasteiger partial charge in [-0.3, -0.25) is 4.79 Å². The smallest absolute Gasteiger partial charge is 0.289 e. The predicted octanol–water partition coefficient (Wildman–Crippen LogP) is -0.124. The first-order chi connectivity index (χ1) is 8.93. The van der Waals surface area contributed by atoms with E-state index in [0.717, 1.165) is 0 Å². The van der Waals surface area contributed by atoms with Crippen molar-refractivity contribution in [3.05, 3.63) is 23.8 Å². The summed E-state index contributed by atoms with van der Waals surface area (Å²) in [7, 11) is -3.85. The lowest BCUT2D eigenvalue weighted by Crippen LogP contribution is -2.43. The van der Waals surface area contributed by atoms with Gasteiger partial charge in [0.1, 0.15) is 0 Å². The van der Waals surface area contributed by atoms with Crippen molar-refractivity contribution in [3.8, 4) is 0 Å². The number of fused-ring (bicyclic) bond motifs is 2. The number of primary sulfonamides is 1. The van der Waals surface area contributed by atoms with Gasteiger partial charge in [-0.25, -0.2) is 13.6 Å². The van der Waals surface area contributed by atoms with Gasteiger partial charge in [-0.1, -0.05) is 0 Å². The molecule has 8 heteroatoms. The van der Waals surface area contributed by atoms with Crippen LogP contribution in [-0.2, 0) is 30.1 Å². The van der Waals surface area contributed by atoms with E-state index in [4.69, 9.17) is 14.6 Å². The van der Waals surface area contributed by atoms with Crippen molar-refractivity contribution in [3.63, 3.8) is 0 Å². The van der Waals surface area contributed by atoms with Gasteiger partial charge in [0.2, 0.25) is 10.0 Å². The fourth-order valence-corrected chi connectivity index (χ4v) is 2.77. The van der Waals surface area contributed by atoms with E-state index in [-0.39, 0.29) is 4.90 Å². The van der Waals surface area contributed by atoms with Crippen molar-refractivity contribution in [2.24, 2.45) is 5.14 Å². The second-order valence-electron chi connectivity index (χ2n) is 4.37. The zero-order valence-corrected chi connectivity index (χ0v) is 10.7. The lowest BCUT2D eigenvalue weighted by molar-refractivity contribution is -0.255. The second-order valence-corrected chi connectivity index (χ2v) is 5.94. The number of rotatable bonds is 1. The SMILES string of the molecule is NS(=O)(=O)c1ccc2c(c1)C1(OCCCO1)C(=O)N2. The molecule has 0 saturated carbocycles. The van der Waals surface area contributed by atoms with Gasteiger partial charge in [-0.05, 0) is 24.6 Å². The lowest BCUT2D eigenvalue weighted by Gasteiger charge is -2.31.